The molecule has 5 fully saturated rings. The summed E-state index contributed by atoms with van der Waals surface area (Å²) in [6.07, 6.45) is 7.15. The van der Waals surface area contributed by atoms with Gasteiger partial charge < -0.3 is 15.0 Å². The summed E-state index contributed by atoms with van der Waals surface area (Å²) in [7, 11) is -0.261. The van der Waals surface area contributed by atoms with Crippen molar-refractivity contribution in [2.45, 2.75) is 89.3 Å². The molecular formula is C25H36BNO3. The normalized spacial score (nSPS) is 36.0. The van der Waals surface area contributed by atoms with Crippen molar-refractivity contribution < 1.29 is 14.1 Å². The molecule has 2 bridgehead atoms. The first kappa shape index (κ1) is 20.7. The van der Waals surface area contributed by atoms with Gasteiger partial charge in [0.05, 0.1) is 17.7 Å². The quantitative estimate of drug-likeness (QED) is 0.646. The van der Waals surface area contributed by atoms with E-state index in [1.807, 2.05) is 30.3 Å². The van der Waals surface area contributed by atoms with Gasteiger partial charge in [0.1, 0.15) is 5.78 Å². The molecule has 1 aromatic carbocycles. The van der Waals surface area contributed by atoms with Crippen LogP contribution in [0.2, 0.25) is 5.82 Å². The van der Waals surface area contributed by atoms with E-state index < -0.39 is 6.04 Å². The van der Waals surface area contributed by atoms with E-state index >= 15 is 0 Å². The molecule has 6 atom stereocenters. The Morgan fingerprint density at radius 2 is 1.93 bits per heavy atom. The molecule has 162 valence electrons. The number of hydrogen-bond acceptors (Lipinski definition) is 4. The highest BCUT2D eigenvalue weighted by atomic mass is 16.7. The lowest BCUT2D eigenvalue weighted by Gasteiger charge is -2.64. The number of ketones is 1. The van der Waals surface area contributed by atoms with Gasteiger partial charge in [-0.25, -0.2) is 0 Å². The Balaban J connectivity index is 1.26. The third-order valence-corrected chi connectivity index (χ3v) is 8.86. The summed E-state index contributed by atoms with van der Waals surface area (Å²) in [6.45, 7) is 7.03. The molecule has 1 aromatic rings. The van der Waals surface area contributed by atoms with Gasteiger partial charge in [0, 0.05) is 12.2 Å². The molecule has 4 saturated carbocycles. The summed E-state index contributed by atoms with van der Waals surface area (Å²) >= 11 is 0. The zero-order valence-electron chi connectivity index (χ0n) is 18.7. The third kappa shape index (κ3) is 3.57. The number of carbonyl (C=O) groups is 1. The molecule has 2 unspecified atom stereocenters. The number of nitrogens with two attached hydrogens (primary N) is 1. The second-order valence-corrected chi connectivity index (χ2v) is 11.2. The molecule has 6 rings (SSSR count). The van der Waals surface area contributed by atoms with Gasteiger partial charge in [0.2, 0.25) is 0 Å². The highest BCUT2D eigenvalue weighted by molar-refractivity contribution is 6.47. The minimum absolute atomic E-state index is 0.120. The molecule has 0 radical (unpaired) electrons. The molecule has 0 aromatic heterocycles. The Morgan fingerprint density at radius 3 is 2.60 bits per heavy atom. The molecule has 30 heavy (non-hydrogen) atoms. The van der Waals surface area contributed by atoms with Crippen molar-refractivity contribution in [3.8, 4) is 0 Å². The molecule has 5 aliphatic rings. The maximum atomic E-state index is 13.1. The van der Waals surface area contributed by atoms with Crippen LogP contribution in [0.4, 0.5) is 0 Å². The highest BCUT2D eigenvalue weighted by Gasteiger charge is 2.68. The van der Waals surface area contributed by atoms with Crippen molar-refractivity contribution in [3.05, 3.63) is 35.9 Å². The fraction of sp³-hybridized carbons (Fsp3) is 0.720. The van der Waals surface area contributed by atoms with Gasteiger partial charge in [0.15, 0.2) is 0 Å². The first-order valence-electron chi connectivity index (χ1n) is 11.9. The van der Waals surface area contributed by atoms with Crippen molar-refractivity contribution >= 4 is 12.9 Å². The topological polar surface area (TPSA) is 61.5 Å². The molecule has 4 aliphatic carbocycles. The van der Waals surface area contributed by atoms with Crippen LogP contribution in [0.25, 0.3) is 0 Å². The van der Waals surface area contributed by atoms with Crippen LogP contribution in [0.5, 0.6) is 0 Å². The van der Waals surface area contributed by atoms with E-state index in [0.717, 1.165) is 30.2 Å². The smallest absolute Gasteiger partial charge is 0.405 e. The summed E-state index contributed by atoms with van der Waals surface area (Å²) in [5.74, 6) is 2.28. The van der Waals surface area contributed by atoms with Crippen LogP contribution >= 0.6 is 0 Å². The van der Waals surface area contributed by atoms with Gasteiger partial charge in [-0.3, -0.25) is 4.79 Å². The van der Waals surface area contributed by atoms with Crippen LogP contribution in [0.3, 0.4) is 0 Å². The Labute approximate surface area is 181 Å². The Bertz CT molecular complexity index is 795. The van der Waals surface area contributed by atoms with E-state index in [4.69, 9.17) is 15.0 Å². The standard InChI is InChI=1S/C25H36BNO3/c1-24(2)18-13-22(24)25(3)23(14-18)29-26(30-25)19(11-17-9-10-17)15-21(28)20(27)12-16-7-5-4-6-8-16/h4-8,17-20,22-23H,9-15,27H2,1-3H3/t18-,19?,20?,22-,23+,25-/m0/s1. The molecule has 0 spiro atoms. The van der Waals surface area contributed by atoms with E-state index in [9.17, 15) is 4.79 Å². The lowest BCUT2D eigenvalue weighted by Crippen LogP contribution is -2.65. The van der Waals surface area contributed by atoms with Gasteiger partial charge in [-0.05, 0) is 61.3 Å². The van der Waals surface area contributed by atoms with Crippen LogP contribution in [0.15, 0.2) is 30.3 Å². The molecule has 0 amide bonds. The van der Waals surface area contributed by atoms with Crippen molar-refractivity contribution in [1.29, 1.82) is 0 Å². The van der Waals surface area contributed by atoms with E-state index in [1.165, 1.54) is 19.3 Å². The molecular weight excluding hydrogens is 373 g/mol. The Morgan fingerprint density at radius 1 is 1.20 bits per heavy atom. The first-order valence-corrected chi connectivity index (χ1v) is 11.9. The average Bonchev–Trinajstić information content (AvgIpc) is 3.45. The molecule has 2 N–H and O–H groups in total. The maximum Gasteiger partial charge on any atom is 0.461 e. The van der Waals surface area contributed by atoms with E-state index in [0.29, 0.717) is 24.2 Å². The first-order chi connectivity index (χ1) is 14.3. The maximum absolute atomic E-state index is 13.1. The van der Waals surface area contributed by atoms with Gasteiger partial charge in [-0.15, -0.1) is 0 Å². The van der Waals surface area contributed by atoms with Crippen LogP contribution in [0.1, 0.15) is 64.9 Å². The Hall–Kier alpha value is -1.17. The largest absolute Gasteiger partial charge is 0.461 e. The monoisotopic (exact) mass is 409 g/mol. The van der Waals surface area contributed by atoms with Crippen molar-refractivity contribution in [2.24, 2.45) is 28.9 Å². The molecule has 1 saturated heterocycles. The minimum Gasteiger partial charge on any atom is -0.405 e. The average molecular weight is 409 g/mol. The van der Waals surface area contributed by atoms with Gasteiger partial charge in [-0.2, -0.15) is 0 Å². The van der Waals surface area contributed by atoms with E-state index in [-0.39, 0.29) is 30.4 Å². The van der Waals surface area contributed by atoms with Crippen LogP contribution in [-0.2, 0) is 20.5 Å². The third-order valence-electron chi connectivity index (χ3n) is 8.86. The van der Waals surface area contributed by atoms with Gasteiger partial charge >= 0.3 is 7.12 Å². The summed E-state index contributed by atoms with van der Waals surface area (Å²) in [5.41, 5.74) is 7.56. The zero-order valence-corrected chi connectivity index (χ0v) is 18.7. The highest BCUT2D eigenvalue weighted by Crippen LogP contribution is 2.66. The summed E-state index contributed by atoms with van der Waals surface area (Å²) in [4.78, 5) is 13.1. The fourth-order valence-corrected chi connectivity index (χ4v) is 6.57. The van der Waals surface area contributed by atoms with E-state index in [1.54, 1.807) is 0 Å². The predicted octanol–water partition coefficient (Wildman–Crippen LogP) is 4.41. The SMILES string of the molecule is CC1(C)[C@@H]2C[C@H]3OB(C(CC(=O)C(N)Cc4ccccc4)CC4CC4)O[C@@]3(C)[C@H]1C2. The lowest BCUT2D eigenvalue weighted by atomic mass is 9.43. The summed E-state index contributed by atoms with van der Waals surface area (Å²) < 4.78 is 13.3. The fourth-order valence-electron chi connectivity index (χ4n) is 6.57. The second kappa shape index (κ2) is 7.46. The summed E-state index contributed by atoms with van der Waals surface area (Å²) in [6, 6.07) is 9.60. The van der Waals surface area contributed by atoms with Gasteiger partial charge in [-0.1, -0.05) is 57.0 Å². The van der Waals surface area contributed by atoms with Gasteiger partial charge in [0.25, 0.3) is 0 Å². The molecule has 4 nitrogen and oxygen atoms in total. The molecule has 1 aliphatic heterocycles. The van der Waals surface area contributed by atoms with Crippen LogP contribution in [0, 0.1) is 23.2 Å². The summed E-state index contributed by atoms with van der Waals surface area (Å²) in [5, 5.41) is 0. The van der Waals surface area contributed by atoms with Crippen LogP contribution < -0.4 is 5.73 Å². The number of hydrogen-bond donors (Lipinski definition) is 1. The van der Waals surface area contributed by atoms with E-state index in [2.05, 4.69) is 20.8 Å². The van der Waals surface area contributed by atoms with Crippen molar-refractivity contribution in [3.63, 3.8) is 0 Å². The molecule has 5 heteroatoms. The lowest BCUT2D eigenvalue weighted by molar-refractivity contribution is -0.199. The number of Topliss-reactive ketones (excluding diaryl/α,β-unsaturated/α-hetero) is 1. The second-order valence-electron chi connectivity index (χ2n) is 11.2. The van der Waals surface area contributed by atoms with Crippen LogP contribution in [-0.4, -0.2) is 30.6 Å². The van der Waals surface area contributed by atoms with Crippen molar-refractivity contribution in [1.82, 2.24) is 0 Å². The minimum atomic E-state index is -0.458. The number of carbonyl (C=O) groups excluding carboxylic acids is 1. The number of benzene rings is 1. The predicted molar refractivity (Wildman–Crippen MR) is 119 cm³/mol. The molecule has 1 heterocycles. The Kier molecular flexibility index (Phi) is 5.15. The number of rotatable bonds is 8. The van der Waals surface area contributed by atoms with Crippen molar-refractivity contribution in [2.75, 3.05) is 0 Å². The zero-order chi connectivity index (χ0) is 21.1.